The van der Waals surface area contributed by atoms with E-state index >= 15 is 0 Å². The summed E-state index contributed by atoms with van der Waals surface area (Å²) in [6.45, 7) is -1.62. The van der Waals surface area contributed by atoms with E-state index in [0.29, 0.717) is 19.4 Å². The minimum absolute atomic E-state index is 0.109. The van der Waals surface area contributed by atoms with Gasteiger partial charge in [-0.1, -0.05) is 0 Å². The van der Waals surface area contributed by atoms with Crippen LogP contribution in [-0.4, -0.2) is 90.1 Å². The number of aliphatic hydroxyl groups excluding tert-OH is 1. The van der Waals surface area contributed by atoms with Gasteiger partial charge in [-0.3, -0.25) is 28.8 Å². The van der Waals surface area contributed by atoms with Crippen LogP contribution >= 0.6 is 0 Å². The van der Waals surface area contributed by atoms with Crippen LogP contribution < -0.4 is 38.5 Å². The molecule has 0 aromatic rings. The minimum atomic E-state index is -1.53. The largest absolute Gasteiger partial charge is 0.480 e. The maximum Gasteiger partial charge on any atom is 0.322 e. The van der Waals surface area contributed by atoms with Crippen molar-refractivity contribution in [1.29, 1.82) is 0 Å². The van der Waals surface area contributed by atoms with Gasteiger partial charge in [0.1, 0.15) is 24.7 Å². The lowest BCUT2D eigenvalue weighted by Gasteiger charge is -2.24. The summed E-state index contributed by atoms with van der Waals surface area (Å²) >= 11 is 0. The molecule has 3 atom stereocenters. The molecule has 32 heavy (non-hydrogen) atoms. The molecular formula is C17H31N7O8. The van der Waals surface area contributed by atoms with Crippen molar-refractivity contribution in [2.75, 3.05) is 26.2 Å². The van der Waals surface area contributed by atoms with E-state index in [-0.39, 0.29) is 6.42 Å². The molecule has 0 spiro atoms. The van der Waals surface area contributed by atoms with Gasteiger partial charge in [0.15, 0.2) is 0 Å². The third-order valence-corrected chi connectivity index (χ3v) is 4.05. The van der Waals surface area contributed by atoms with Crippen LogP contribution in [0.25, 0.3) is 0 Å². The van der Waals surface area contributed by atoms with Crippen LogP contribution in [0.4, 0.5) is 0 Å². The molecule has 0 aromatic carbocycles. The standard InChI is InChI=1S/C17H31N7O8/c18-4-2-1-3-9(15(30)21-7-14(28)29)23-16(31)10(5-12(20)26)24-17(32)11(8-25)22-13(27)6-19/h9-11,25H,1-8,18-19H2,(H2,20,26)(H,21,30)(H,22,27)(H,23,31)(H,24,32)(H,28,29)/t9-,10-,11-/m0/s1. The summed E-state index contributed by atoms with van der Waals surface area (Å²) < 4.78 is 0. The van der Waals surface area contributed by atoms with Gasteiger partial charge < -0.3 is 48.7 Å². The predicted molar refractivity (Wildman–Crippen MR) is 109 cm³/mol. The first-order valence-corrected chi connectivity index (χ1v) is 9.74. The lowest BCUT2D eigenvalue weighted by atomic mass is 10.1. The number of hydrogen-bond acceptors (Lipinski definition) is 9. The van der Waals surface area contributed by atoms with Crippen LogP contribution in [0, 0.1) is 0 Å². The third-order valence-electron chi connectivity index (χ3n) is 4.05. The molecule has 182 valence electrons. The number of aliphatic carboxylic acids is 1. The number of unbranched alkanes of at least 4 members (excludes halogenated alkanes) is 1. The third kappa shape index (κ3) is 11.8. The quantitative estimate of drug-likeness (QED) is 0.0984. The summed E-state index contributed by atoms with van der Waals surface area (Å²) in [6, 6.07) is -4.16. The van der Waals surface area contributed by atoms with Gasteiger partial charge in [-0.05, 0) is 25.8 Å². The van der Waals surface area contributed by atoms with E-state index in [1.807, 2.05) is 0 Å². The summed E-state index contributed by atoms with van der Waals surface area (Å²) in [6.07, 6.45) is 0.413. The van der Waals surface area contributed by atoms with Crippen LogP contribution in [0.15, 0.2) is 0 Å². The lowest BCUT2D eigenvalue weighted by Crippen LogP contribution is -2.58. The van der Waals surface area contributed by atoms with E-state index < -0.39 is 79.7 Å². The van der Waals surface area contributed by atoms with Crippen LogP contribution in [0.1, 0.15) is 25.7 Å². The number of carboxylic acids is 1. The van der Waals surface area contributed by atoms with Gasteiger partial charge in [0.2, 0.25) is 29.5 Å². The minimum Gasteiger partial charge on any atom is -0.480 e. The van der Waals surface area contributed by atoms with Crippen LogP contribution in [-0.2, 0) is 28.8 Å². The number of aliphatic hydroxyl groups is 1. The summed E-state index contributed by atoms with van der Waals surface area (Å²) in [4.78, 5) is 70.6. The molecule has 0 aliphatic carbocycles. The SMILES string of the molecule is NCCCC[C@H](NC(=O)[C@H](CC(N)=O)NC(=O)[C@H](CO)NC(=O)CN)C(=O)NCC(=O)O. The van der Waals surface area contributed by atoms with Gasteiger partial charge in [-0.25, -0.2) is 0 Å². The summed E-state index contributed by atoms with van der Waals surface area (Å²) in [5.74, 6) is -5.73. The molecule has 0 aliphatic heterocycles. The van der Waals surface area contributed by atoms with Crippen molar-refractivity contribution >= 4 is 35.5 Å². The number of carbonyl (C=O) groups excluding carboxylic acids is 5. The van der Waals surface area contributed by atoms with Gasteiger partial charge in [0, 0.05) is 0 Å². The Balaban J connectivity index is 5.38. The zero-order chi connectivity index (χ0) is 24.7. The first-order chi connectivity index (χ1) is 15.0. The molecule has 0 bridgehead atoms. The Morgan fingerprint density at radius 2 is 1.41 bits per heavy atom. The van der Waals surface area contributed by atoms with E-state index in [1.165, 1.54) is 0 Å². The van der Waals surface area contributed by atoms with E-state index in [2.05, 4.69) is 21.3 Å². The maximum atomic E-state index is 12.7. The number of rotatable bonds is 16. The molecule has 0 radical (unpaired) electrons. The number of carboxylic acid groups (broad SMARTS) is 1. The highest BCUT2D eigenvalue weighted by Crippen LogP contribution is 2.03. The highest BCUT2D eigenvalue weighted by molar-refractivity contribution is 5.96. The molecule has 0 aliphatic rings. The number of nitrogens with one attached hydrogen (secondary N) is 4. The monoisotopic (exact) mass is 461 g/mol. The fraction of sp³-hybridized carbons (Fsp3) is 0.647. The summed E-state index contributed by atoms with van der Waals surface area (Å²) in [5, 5.41) is 26.8. The molecule has 0 saturated carbocycles. The molecular weight excluding hydrogens is 430 g/mol. The first kappa shape index (κ1) is 28.7. The Morgan fingerprint density at radius 1 is 0.812 bits per heavy atom. The van der Waals surface area contributed by atoms with Crippen molar-refractivity contribution in [3.8, 4) is 0 Å². The van der Waals surface area contributed by atoms with Crippen molar-refractivity contribution in [3.05, 3.63) is 0 Å². The van der Waals surface area contributed by atoms with Gasteiger partial charge in [-0.15, -0.1) is 0 Å². The Morgan fingerprint density at radius 3 is 1.91 bits per heavy atom. The van der Waals surface area contributed by atoms with Crippen molar-refractivity contribution in [2.45, 2.75) is 43.8 Å². The van der Waals surface area contributed by atoms with Crippen molar-refractivity contribution in [1.82, 2.24) is 21.3 Å². The van der Waals surface area contributed by atoms with Crippen molar-refractivity contribution < 1.29 is 39.0 Å². The number of amides is 5. The number of carbonyl (C=O) groups is 6. The fourth-order valence-electron chi connectivity index (χ4n) is 2.45. The molecule has 5 amide bonds. The Hall–Kier alpha value is -3.30. The average Bonchev–Trinajstić information content (AvgIpc) is 2.73. The second-order valence-electron chi connectivity index (χ2n) is 6.70. The van der Waals surface area contributed by atoms with Gasteiger partial charge in [0.25, 0.3) is 0 Å². The van der Waals surface area contributed by atoms with E-state index in [1.54, 1.807) is 0 Å². The van der Waals surface area contributed by atoms with Gasteiger partial charge in [-0.2, -0.15) is 0 Å². The van der Waals surface area contributed by atoms with E-state index in [9.17, 15) is 33.9 Å². The Labute approximate surface area is 183 Å². The van der Waals surface area contributed by atoms with Crippen molar-refractivity contribution in [2.24, 2.45) is 17.2 Å². The number of primary amides is 1. The van der Waals surface area contributed by atoms with Gasteiger partial charge >= 0.3 is 5.97 Å². The van der Waals surface area contributed by atoms with Crippen molar-refractivity contribution in [3.63, 3.8) is 0 Å². The Kier molecular flexibility index (Phi) is 13.9. The van der Waals surface area contributed by atoms with E-state index in [0.717, 1.165) is 0 Å². The smallest absolute Gasteiger partial charge is 0.322 e. The highest BCUT2D eigenvalue weighted by atomic mass is 16.4. The zero-order valence-corrected chi connectivity index (χ0v) is 17.5. The predicted octanol–water partition coefficient (Wildman–Crippen LogP) is -5.40. The van der Waals surface area contributed by atoms with Crippen LogP contribution in [0.5, 0.6) is 0 Å². The zero-order valence-electron chi connectivity index (χ0n) is 17.5. The molecule has 0 unspecified atom stereocenters. The van der Waals surface area contributed by atoms with Gasteiger partial charge in [0.05, 0.1) is 19.6 Å². The molecule has 0 rings (SSSR count). The maximum absolute atomic E-state index is 12.7. The molecule has 15 heteroatoms. The molecule has 0 fully saturated rings. The summed E-state index contributed by atoms with van der Waals surface area (Å²) in [5.41, 5.74) is 15.7. The second kappa shape index (κ2) is 15.5. The van der Waals surface area contributed by atoms with Crippen LogP contribution in [0.3, 0.4) is 0 Å². The topological polar surface area (TPSA) is 269 Å². The molecule has 0 aromatic heterocycles. The molecule has 0 heterocycles. The fourth-order valence-corrected chi connectivity index (χ4v) is 2.45. The Bertz CT molecular complexity index is 688. The van der Waals surface area contributed by atoms with Crippen LogP contribution in [0.2, 0.25) is 0 Å². The first-order valence-electron chi connectivity index (χ1n) is 9.74. The molecule has 15 nitrogen and oxygen atoms in total. The average molecular weight is 461 g/mol. The molecule has 0 saturated heterocycles. The van der Waals surface area contributed by atoms with E-state index in [4.69, 9.17) is 22.3 Å². The lowest BCUT2D eigenvalue weighted by molar-refractivity contribution is -0.139. The second-order valence-corrected chi connectivity index (χ2v) is 6.70. The highest BCUT2D eigenvalue weighted by Gasteiger charge is 2.30. The number of nitrogens with two attached hydrogens (primary N) is 3. The summed E-state index contributed by atoms with van der Waals surface area (Å²) in [7, 11) is 0. The number of hydrogen-bond donors (Lipinski definition) is 9. The normalized spacial score (nSPS) is 13.2. The molecule has 12 N–H and O–H groups in total.